The van der Waals surface area contributed by atoms with Gasteiger partial charge >= 0.3 is 5.97 Å². The normalized spacial score (nSPS) is 10.6. The van der Waals surface area contributed by atoms with Crippen LogP contribution in [0, 0.1) is 0 Å². The lowest BCUT2D eigenvalue weighted by molar-refractivity contribution is -0.142. The second kappa shape index (κ2) is 6.38. The van der Waals surface area contributed by atoms with Crippen molar-refractivity contribution in [3.8, 4) is 0 Å². The number of hydrogen-bond acceptors (Lipinski definition) is 5. The molecule has 0 saturated heterocycles. The molecule has 0 aliphatic carbocycles. The highest BCUT2D eigenvalue weighted by molar-refractivity contribution is 7.99. The van der Waals surface area contributed by atoms with Crippen LogP contribution in [-0.2, 0) is 9.53 Å². The van der Waals surface area contributed by atoms with Crippen molar-refractivity contribution in [1.29, 1.82) is 0 Å². The molecule has 0 aliphatic heterocycles. The van der Waals surface area contributed by atoms with Gasteiger partial charge in [0, 0.05) is 5.75 Å². The van der Waals surface area contributed by atoms with E-state index in [1.807, 2.05) is 6.07 Å². The van der Waals surface area contributed by atoms with Crippen molar-refractivity contribution in [3.05, 3.63) is 34.6 Å². The van der Waals surface area contributed by atoms with Crippen molar-refractivity contribution in [2.45, 2.75) is 18.5 Å². The summed E-state index contributed by atoms with van der Waals surface area (Å²) in [6.45, 7) is 2.15. The second-order valence-electron chi connectivity index (χ2n) is 3.79. The SMILES string of the molecule is CCOC(=O)CCSc1nc2ccccc2c(=O)[nH]1. The molecule has 2 aromatic rings. The Labute approximate surface area is 114 Å². The number of carbonyl (C=O) groups excluding carboxylic acids is 1. The molecule has 0 radical (unpaired) electrons. The molecular formula is C13H14N2O3S. The van der Waals surface area contributed by atoms with Gasteiger partial charge in [0.2, 0.25) is 0 Å². The van der Waals surface area contributed by atoms with Crippen LogP contribution in [-0.4, -0.2) is 28.3 Å². The molecule has 0 unspecified atom stereocenters. The van der Waals surface area contributed by atoms with Gasteiger partial charge in [-0.3, -0.25) is 9.59 Å². The summed E-state index contributed by atoms with van der Waals surface area (Å²) in [6.07, 6.45) is 0.301. The van der Waals surface area contributed by atoms with Crippen molar-refractivity contribution >= 4 is 28.6 Å². The quantitative estimate of drug-likeness (QED) is 0.514. The van der Waals surface area contributed by atoms with E-state index in [-0.39, 0.29) is 11.5 Å². The largest absolute Gasteiger partial charge is 0.466 e. The third-order valence-electron chi connectivity index (χ3n) is 2.44. The van der Waals surface area contributed by atoms with Crippen LogP contribution >= 0.6 is 11.8 Å². The summed E-state index contributed by atoms with van der Waals surface area (Å²) >= 11 is 1.34. The van der Waals surface area contributed by atoms with E-state index in [0.29, 0.717) is 34.8 Å². The average molecular weight is 278 g/mol. The number of aromatic nitrogens is 2. The first kappa shape index (κ1) is 13.6. The summed E-state index contributed by atoms with van der Waals surface area (Å²) in [5, 5.41) is 1.09. The molecule has 19 heavy (non-hydrogen) atoms. The summed E-state index contributed by atoms with van der Waals surface area (Å²) in [6, 6.07) is 7.16. The van der Waals surface area contributed by atoms with Crippen molar-refractivity contribution in [1.82, 2.24) is 9.97 Å². The summed E-state index contributed by atoms with van der Waals surface area (Å²) in [4.78, 5) is 30.0. The minimum atomic E-state index is -0.238. The number of benzene rings is 1. The van der Waals surface area contributed by atoms with Gasteiger partial charge in [-0.2, -0.15) is 0 Å². The summed E-state index contributed by atoms with van der Waals surface area (Å²) in [5.41, 5.74) is 0.495. The first-order chi connectivity index (χ1) is 9.20. The van der Waals surface area contributed by atoms with E-state index in [1.165, 1.54) is 11.8 Å². The molecule has 0 saturated carbocycles. The van der Waals surface area contributed by atoms with E-state index in [9.17, 15) is 9.59 Å². The van der Waals surface area contributed by atoms with Crippen LogP contribution in [0.5, 0.6) is 0 Å². The maximum absolute atomic E-state index is 11.8. The number of esters is 1. The number of thioether (sulfide) groups is 1. The van der Waals surface area contributed by atoms with Crippen molar-refractivity contribution < 1.29 is 9.53 Å². The van der Waals surface area contributed by atoms with Gasteiger partial charge in [-0.1, -0.05) is 23.9 Å². The third-order valence-corrected chi connectivity index (χ3v) is 3.32. The first-order valence-corrected chi connectivity index (χ1v) is 6.96. The lowest BCUT2D eigenvalue weighted by Gasteiger charge is -2.03. The number of fused-ring (bicyclic) bond motifs is 1. The number of hydrogen-bond donors (Lipinski definition) is 1. The van der Waals surface area contributed by atoms with E-state index in [1.54, 1.807) is 25.1 Å². The fourth-order valence-corrected chi connectivity index (χ4v) is 2.39. The maximum Gasteiger partial charge on any atom is 0.306 e. The Morgan fingerprint density at radius 1 is 1.42 bits per heavy atom. The van der Waals surface area contributed by atoms with Gasteiger partial charge in [0.05, 0.1) is 23.9 Å². The molecule has 1 aromatic carbocycles. The van der Waals surface area contributed by atoms with Gasteiger partial charge in [0.1, 0.15) is 0 Å². The van der Waals surface area contributed by atoms with E-state index in [2.05, 4.69) is 9.97 Å². The van der Waals surface area contributed by atoms with Crippen LogP contribution in [0.1, 0.15) is 13.3 Å². The topological polar surface area (TPSA) is 72.0 Å². The van der Waals surface area contributed by atoms with E-state index in [0.717, 1.165) is 0 Å². The highest BCUT2D eigenvalue weighted by atomic mass is 32.2. The first-order valence-electron chi connectivity index (χ1n) is 5.98. The van der Waals surface area contributed by atoms with E-state index in [4.69, 9.17) is 4.74 Å². The Morgan fingerprint density at radius 2 is 2.21 bits per heavy atom. The summed E-state index contributed by atoms with van der Waals surface area (Å²) < 4.78 is 4.83. The average Bonchev–Trinajstić information content (AvgIpc) is 2.39. The van der Waals surface area contributed by atoms with Gasteiger partial charge < -0.3 is 9.72 Å². The summed E-state index contributed by atoms with van der Waals surface area (Å²) in [5.74, 6) is 0.290. The number of ether oxygens (including phenoxy) is 1. The predicted molar refractivity (Wildman–Crippen MR) is 74.3 cm³/mol. The molecule has 1 heterocycles. The molecular weight excluding hydrogens is 264 g/mol. The van der Waals surface area contributed by atoms with E-state index < -0.39 is 0 Å². The highest BCUT2D eigenvalue weighted by Gasteiger charge is 2.06. The van der Waals surface area contributed by atoms with Crippen LogP contribution in [0.4, 0.5) is 0 Å². The number of nitrogens with one attached hydrogen (secondary N) is 1. The molecule has 0 fully saturated rings. The standard InChI is InChI=1S/C13H14N2O3S/c1-2-18-11(16)7-8-19-13-14-10-6-4-3-5-9(10)12(17)15-13/h3-6H,2,7-8H2,1H3,(H,14,15,17). The number of H-pyrrole nitrogens is 1. The van der Waals surface area contributed by atoms with Crippen molar-refractivity contribution in [2.75, 3.05) is 12.4 Å². The monoisotopic (exact) mass is 278 g/mol. The Balaban J connectivity index is 2.05. The van der Waals surface area contributed by atoms with Crippen molar-refractivity contribution in [3.63, 3.8) is 0 Å². The second-order valence-corrected chi connectivity index (χ2v) is 4.88. The van der Waals surface area contributed by atoms with Crippen LogP contribution in [0.2, 0.25) is 0 Å². The molecule has 100 valence electrons. The fourth-order valence-electron chi connectivity index (χ4n) is 1.60. The molecule has 0 atom stereocenters. The van der Waals surface area contributed by atoms with Crippen LogP contribution < -0.4 is 5.56 Å². The Bertz CT molecular complexity index is 639. The Hall–Kier alpha value is -1.82. The molecule has 0 aliphatic rings. The minimum Gasteiger partial charge on any atom is -0.466 e. The number of nitrogens with zero attached hydrogens (tertiary/aromatic N) is 1. The van der Waals surface area contributed by atoms with Crippen LogP contribution in [0.15, 0.2) is 34.2 Å². The third kappa shape index (κ3) is 3.57. The van der Waals surface area contributed by atoms with Gasteiger partial charge in [-0.05, 0) is 19.1 Å². The van der Waals surface area contributed by atoms with Gasteiger partial charge in [-0.25, -0.2) is 4.98 Å². The maximum atomic E-state index is 11.8. The molecule has 1 N–H and O–H groups in total. The number of carbonyl (C=O) groups is 1. The molecule has 5 nitrogen and oxygen atoms in total. The smallest absolute Gasteiger partial charge is 0.306 e. The van der Waals surface area contributed by atoms with Gasteiger partial charge in [-0.15, -0.1) is 0 Å². The number of rotatable bonds is 5. The Kier molecular flexibility index (Phi) is 4.57. The van der Waals surface area contributed by atoms with Crippen LogP contribution in [0.25, 0.3) is 10.9 Å². The Morgan fingerprint density at radius 3 is 3.00 bits per heavy atom. The van der Waals surface area contributed by atoms with Gasteiger partial charge in [0.15, 0.2) is 5.16 Å². The lowest BCUT2D eigenvalue weighted by atomic mass is 10.2. The van der Waals surface area contributed by atoms with Gasteiger partial charge in [0.25, 0.3) is 5.56 Å². The fraction of sp³-hybridized carbons (Fsp3) is 0.308. The minimum absolute atomic E-state index is 0.163. The number of para-hydroxylation sites is 1. The zero-order valence-corrected chi connectivity index (χ0v) is 11.3. The van der Waals surface area contributed by atoms with E-state index >= 15 is 0 Å². The highest BCUT2D eigenvalue weighted by Crippen LogP contribution is 2.15. The molecule has 0 bridgehead atoms. The van der Waals surface area contributed by atoms with Crippen molar-refractivity contribution in [2.24, 2.45) is 0 Å². The van der Waals surface area contributed by atoms with Crippen LogP contribution in [0.3, 0.4) is 0 Å². The molecule has 1 aromatic heterocycles. The molecule has 0 spiro atoms. The molecule has 2 rings (SSSR count). The lowest BCUT2D eigenvalue weighted by Crippen LogP contribution is -2.10. The zero-order valence-electron chi connectivity index (χ0n) is 10.5. The molecule has 0 amide bonds. The zero-order chi connectivity index (χ0) is 13.7. The predicted octanol–water partition coefficient (Wildman–Crippen LogP) is 1.97. The molecule has 6 heteroatoms. The summed E-state index contributed by atoms with van der Waals surface area (Å²) in [7, 11) is 0. The number of aromatic amines is 1.